The van der Waals surface area contributed by atoms with Gasteiger partial charge in [0.25, 0.3) is 0 Å². The minimum absolute atomic E-state index is 0.225. The molecule has 0 aliphatic heterocycles. The highest BCUT2D eigenvalue weighted by Gasteiger charge is 1.75. The molecule has 1 aromatic rings. The third kappa shape index (κ3) is 3.07. The molecule has 0 amide bonds. The summed E-state index contributed by atoms with van der Waals surface area (Å²) in [4.78, 5) is 21.6. The van der Waals surface area contributed by atoms with Crippen molar-refractivity contribution in [2.75, 3.05) is 0 Å². The fraction of sp³-hybridized carbons (Fsp3) is 0. The van der Waals surface area contributed by atoms with Gasteiger partial charge in [-0.1, -0.05) is 0 Å². The molecule has 0 aliphatic carbocycles. The fourth-order valence-corrected chi connectivity index (χ4v) is 0.862. The Hall–Kier alpha value is -1.49. The molecule has 0 fully saturated rings. The van der Waals surface area contributed by atoms with E-state index in [4.69, 9.17) is 0 Å². The zero-order valence-corrected chi connectivity index (χ0v) is 6.88. The first-order valence-corrected chi connectivity index (χ1v) is 3.98. The van der Waals surface area contributed by atoms with Crippen molar-refractivity contribution in [2.45, 2.75) is 0 Å². The predicted molar refractivity (Wildman–Crippen MR) is 46.6 cm³/mol. The lowest BCUT2D eigenvalue weighted by atomic mass is 10.5. The zero-order chi connectivity index (χ0) is 8.81. The third-order valence-electron chi connectivity index (χ3n) is 1.00. The minimum Gasteiger partial charge on any atom is -0.290 e. The third-order valence-corrected chi connectivity index (χ3v) is 1.54. The van der Waals surface area contributed by atoms with Crippen LogP contribution in [-0.4, -0.2) is 9.59 Å². The quantitative estimate of drug-likeness (QED) is 0.628. The highest BCUT2D eigenvalue weighted by atomic mass is 32.1. The number of aromatic amines is 1. The van der Waals surface area contributed by atoms with Crippen LogP contribution in [0.25, 0.3) is 0 Å². The van der Waals surface area contributed by atoms with Crippen LogP contribution in [0.15, 0.2) is 40.1 Å². The highest BCUT2D eigenvalue weighted by molar-refractivity contribution is 7.02. The van der Waals surface area contributed by atoms with Crippen LogP contribution in [0.2, 0.25) is 0 Å². The largest absolute Gasteiger partial charge is 0.290 e. The lowest BCUT2D eigenvalue weighted by Crippen LogP contribution is -1.95. The summed E-state index contributed by atoms with van der Waals surface area (Å²) in [7, 11) is 0. The van der Waals surface area contributed by atoms with Gasteiger partial charge in [-0.25, -0.2) is 4.49 Å². The standard InChI is InChI=1S/C7H6N2O2S/c10-6-2-1-5-8-9-12-7(11)4-3-6/h1-5,9H. The van der Waals surface area contributed by atoms with Crippen LogP contribution < -0.4 is 10.2 Å². The summed E-state index contributed by atoms with van der Waals surface area (Å²) in [6.07, 6.45) is 1.40. The molecule has 4 nitrogen and oxygen atoms in total. The van der Waals surface area contributed by atoms with E-state index in [1.54, 1.807) is 0 Å². The van der Waals surface area contributed by atoms with E-state index in [1.165, 1.54) is 30.5 Å². The van der Waals surface area contributed by atoms with Crippen molar-refractivity contribution >= 4 is 11.5 Å². The van der Waals surface area contributed by atoms with E-state index in [9.17, 15) is 9.59 Å². The Labute approximate surface area is 72.0 Å². The molecule has 5 heteroatoms. The van der Waals surface area contributed by atoms with Crippen molar-refractivity contribution in [3.05, 3.63) is 50.2 Å². The molecule has 0 aromatic carbocycles. The maximum Gasteiger partial charge on any atom is 0.249 e. The van der Waals surface area contributed by atoms with E-state index in [2.05, 4.69) is 9.59 Å². The van der Waals surface area contributed by atoms with Crippen molar-refractivity contribution in [2.24, 2.45) is 0 Å². The summed E-state index contributed by atoms with van der Waals surface area (Å²) in [5.74, 6) is 0. The molecule has 0 aliphatic rings. The number of nitrogens with zero attached hydrogens (tertiary/aromatic N) is 1. The van der Waals surface area contributed by atoms with Gasteiger partial charge in [-0.05, 0) is 29.7 Å². The van der Waals surface area contributed by atoms with Crippen molar-refractivity contribution in [3.8, 4) is 0 Å². The molecule has 0 spiro atoms. The molecule has 1 rings (SSSR count). The second kappa shape index (κ2) is 4.40. The smallest absolute Gasteiger partial charge is 0.249 e. The van der Waals surface area contributed by atoms with Crippen molar-refractivity contribution in [1.82, 2.24) is 9.59 Å². The first kappa shape index (κ1) is 8.61. The second-order valence-electron chi connectivity index (χ2n) is 1.89. The van der Waals surface area contributed by atoms with E-state index in [1.807, 2.05) is 0 Å². The number of nitrogens with one attached hydrogen (secondary N) is 1. The van der Waals surface area contributed by atoms with Crippen molar-refractivity contribution < 1.29 is 0 Å². The topological polar surface area (TPSA) is 62.8 Å². The van der Waals surface area contributed by atoms with E-state index >= 15 is 0 Å². The van der Waals surface area contributed by atoms with E-state index in [0.29, 0.717) is 0 Å². The van der Waals surface area contributed by atoms with Crippen molar-refractivity contribution in [3.63, 3.8) is 0 Å². The van der Waals surface area contributed by atoms with Crippen LogP contribution >= 0.6 is 11.5 Å². The SMILES string of the molecule is O=c1cccn[nH]sc(=O)cc1. The lowest BCUT2D eigenvalue weighted by Gasteiger charge is -1.71. The van der Waals surface area contributed by atoms with Gasteiger partial charge in [-0.15, -0.1) is 0 Å². The Morgan fingerprint density at radius 2 is 2.08 bits per heavy atom. The Balaban J connectivity index is 3.41. The minimum atomic E-state index is -0.254. The number of H-pyrrole nitrogens is 1. The molecule has 0 saturated carbocycles. The van der Waals surface area contributed by atoms with Gasteiger partial charge >= 0.3 is 0 Å². The Bertz CT molecular complexity index is 369. The molecule has 0 bridgehead atoms. The van der Waals surface area contributed by atoms with Crippen LogP contribution in [0.3, 0.4) is 0 Å². The molecule has 12 heavy (non-hydrogen) atoms. The van der Waals surface area contributed by atoms with Crippen LogP contribution in [0.4, 0.5) is 0 Å². The second-order valence-corrected chi connectivity index (χ2v) is 2.67. The number of rotatable bonds is 0. The van der Waals surface area contributed by atoms with Gasteiger partial charge in [0.15, 0.2) is 5.43 Å². The highest BCUT2D eigenvalue weighted by Crippen LogP contribution is 1.68. The summed E-state index contributed by atoms with van der Waals surface area (Å²) in [6.45, 7) is 0. The van der Waals surface area contributed by atoms with Crippen LogP contribution in [0.1, 0.15) is 0 Å². The monoisotopic (exact) mass is 182 g/mol. The van der Waals surface area contributed by atoms with Crippen LogP contribution in [0, 0.1) is 0 Å². The maximum absolute atomic E-state index is 10.8. The number of hydrogen-bond acceptors (Lipinski definition) is 4. The molecule has 0 unspecified atom stereocenters. The summed E-state index contributed by atoms with van der Waals surface area (Å²) >= 11 is 0.817. The normalized spacial score (nSPS) is 8.67. The summed E-state index contributed by atoms with van der Waals surface area (Å²) in [5.41, 5.74) is -0.225. The fourth-order valence-electron chi connectivity index (χ4n) is 0.522. The first-order chi connectivity index (χ1) is 5.79. The van der Waals surface area contributed by atoms with E-state index in [0.717, 1.165) is 11.5 Å². The molecule has 0 radical (unpaired) electrons. The van der Waals surface area contributed by atoms with Gasteiger partial charge in [-0.3, -0.25) is 9.59 Å². The average molecular weight is 182 g/mol. The van der Waals surface area contributed by atoms with Gasteiger partial charge in [0.2, 0.25) is 4.74 Å². The van der Waals surface area contributed by atoms with E-state index in [-0.39, 0.29) is 10.2 Å². The van der Waals surface area contributed by atoms with E-state index < -0.39 is 0 Å². The Kier molecular flexibility index (Phi) is 3.16. The summed E-state index contributed by atoms with van der Waals surface area (Å²) in [5, 5.41) is 3.61. The molecular formula is C7H6N2O2S. The summed E-state index contributed by atoms with van der Waals surface area (Å²) < 4.78 is 2.19. The Morgan fingerprint density at radius 3 is 2.92 bits per heavy atom. The first-order valence-electron chi connectivity index (χ1n) is 3.16. The maximum atomic E-state index is 10.8. The molecule has 1 aromatic heterocycles. The van der Waals surface area contributed by atoms with Crippen LogP contribution in [-0.2, 0) is 0 Å². The molecule has 1 heterocycles. The molecule has 0 atom stereocenters. The number of hydrogen-bond donors (Lipinski definition) is 1. The van der Waals surface area contributed by atoms with Gasteiger partial charge < -0.3 is 0 Å². The molecule has 62 valence electrons. The molecule has 0 saturated heterocycles. The van der Waals surface area contributed by atoms with Gasteiger partial charge in [0, 0.05) is 12.3 Å². The number of aromatic nitrogens is 2. The predicted octanol–water partition coefficient (Wildman–Crippen LogP) is 0.316. The summed E-state index contributed by atoms with van der Waals surface area (Å²) in [6, 6.07) is 5.23. The lowest BCUT2D eigenvalue weighted by molar-refractivity contribution is 1.13. The Morgan fingerprint density at radius 1 is 1.25 bits per heavy atom. The average Bonchev–Trinajstić information content (AvgIpc) is 2.07. The van der Waals surface area contributed by atoms with Crippen LogP contribution in [0.5, 0.6) is 0 Å². The molecular weight excluding hydrogens is 176 g/mol. The van der Waals surface area contributed by atoms with Gasteiger partial charge in [0.05, 0.1) is 0 Å². The van der Waals surface area contributed by atoms with Gasteiger partial charge in [0.1, 0.15) is 0 Å². The molecule has 1 N–H and O–H groups in total. The zero-order valence-electron chi connectivity index (χ0n) is 6.06. The van der Waals surface area contributed by atoms with Gasteiger partial charge in [-0.2, -0.15) is 5.10 Å². The van der Waals surface area contributed by atoms with Crippen molar-refractivity contribution in [1.29, 1.82) is 0 Å².